The van der Waals surface area contributed by atoms with Crippen LogP contribution >= 0.6 is 15.9 Å². The van der Waals surface area contributed by atoms with Crippen molar-refractivity contribution in [2.24, 2.45) is 0 Å². The highest BCUT2D eigenvalue weighted by Gasteiger charge is 2.27. The van der Waals surface area contributed by atoms with Crippen molar-refractivity contribution in [1.82, 2.24) is 0 Å². The number of halogens is 1. The molecule has 49 heavy (non-hydrogen) atoms. The molecule has 0 aromatic heterocycles. The van der Waals surface area contributed by atoms with Crippen LogP contribution in [0.1, 0.15) is 99.8 Å². The second-order valence-corrected chi connectivity index (χ2v) is 18.4. The molecule has 268 valence electrons. The normalized spacial score (nSPS) is 15.2. The minimum Gasteiger partial charge on any atom is -0.223 e. The first-order valence-electron chi connectivity index (χ1n) is 17.3. The molecule has 0 N–H and O–H groups in total. The summed E-state index contributed by atoms with van der Waals surface area (Å²) in [5, 5.41) is -0.503. The Labute approximate surface area is 306 Å². The molecule has 0 amide bonds. The number of hydrogen-bond acceptors (Lipinski definition) is 4. The molecule has 0 spiro atoms. The molecule has 0 bridgehead atoms. The van der Waals surface area contributed by atoms with E-state index in [1.807, 2.05) is 52.0 Å². The lowest BCUT2D eigenvalue weighted by molar-refractivity contribution is 0.585. The molecule has 2 aromatic carbocycles. The van der Waals surface area contributed by atoms with Gasteiger partial charge in [0, 0.05) is 5.33 Å². The highest BCUT2D eigenvalue weighted by atomic mass is 79.9. The Balaban J connectivity index is 2.27. The summed E-state index contributed by atoms with van der Waals surface area (Å²) in [4.78, 5) is 0.666. The van der Waals surface area contributed by atoms with E-state index in [1.54, 1.807) is 48.5 Å². The van der Waals surface area contributed by atoms with Crippen molar-refractivity contribution in [2.45, 2.75) is 120 Å². The summed E-state index contributed by atoms with van der Waals surface area (Å²) >= 11 is 3.45. The van der Waals surface area contributed by atoms with Gasteiger partial charge in [-0.05, 0) is 124 Å². The Bertz CT molecular complexity index is 1720. The molecule has 0 heterocycles. The SMILES string of the molecule is CC(C)=CCC/C(C)=C/C(C/C(C)=C/CC/C(C)=C/C(C/C(C)=C/CC/C(C)=C/CBr)S(=O)(=O)c1ccccc1)S(=O)(=O)c1ccccc1. The van der Waals surface area contributed by atoms with Crippen LogP contribution in [0.15, 0.2) is 140 Å². The van der Waals surface area contributed by atoms with Gasteiger partial charge in [-0.15, -0.1) is 0 Å². The molecule has 2 unspecified atom stereocenters. The Hall–Kier alpha value is -2.74. The van der Waals surface area contributed by atoms with E-state index in [0.717, 1.165) is 53.3 Å². The average molecular weight is 770 g/mol. The van der Waals surface area contributed by atoms with Gasteiger partial charge in [-0.2, -0.15) is 0 Å². The van der Waals surface area contributed by atoms with E-state index >= 15 is 0 Å². The second-order valence-electron chi connectivity index (χ2n) is 13.4. The maximum absolute atomic E-state index is 13.8. The average Bonchev–Trinajstić information content (AvgIpc) is 3.05. The van der Waals surface area contributed by atoms with Crippen molar-refractivity contribution in [3.05, 3.63) is 131 Å². The van der Waals surface area contributed by atoms with Crippen LogP contribution in [-0.2, 0) is 19.7 Å². The number of sulfone groups is 2. The van der Waals surface area contributed by atoms with E-state index in [4.69, 9.17) is 0 Å². The van der Waals surface area contributed by atoms with Crippen LogP contribution in [0.4, 0.5) is 0 Å². The lowest BCUT2D eigenvalue weighted by Crippen LogP contribution is -2.20. The van der Waals surface area contributed by atoms with Gasteiger partial charge >= 0.3 is 0 Å². The monoisotopic (exact) mass is 768 g/mol. The maximum atomic E-state index is 13.8. The molecule has 4 nitrogen and oxygen atoms in total. The molecule has 0 fully saturated rings. The third-order valence-electron chi connectivity index (χ3n) is 8.51. The molecule has 0 saturated carbocycles. The first-order valence-corrected chi connectivity index (χ1v) is 21.5. The maximum Gasteiger partial charge on any atom is 0.185 e. The van der Waals surface area contributed by atoms with Gasteiger partial charge in [0.25, 0.3) is 0 Å². The largest absolute Gasteiger partial charge is 0.223 e. The Morgan fingerprint density at radius 1 is 0.531 bits per heavy atom. The van der Waals surface area contributed by atoms with E-state index in [0.29, 0.717) is 35.5 Å². The molecule has 2 rings (SSSR count). The number of alkyl halides is 1. The van der Waals surface area contributed by atoms with E-state index in [2.05, 4.69) is 61.0 Å². The van der Waals surface area contributed by atoms with Gasteiger partial charge in [-0.1, -0.05) is 122 Å². The summed E-state index contributed by atoms with van der Waals surface area (Å²) in [5.74, 6) is 0. The molecule has 0 aliphatic carbocycles. The number of benzene rings is 2. The Kier molecular flexibility index (Phi) is 18.6. The predicted molar refractivity (Wildman–Crippen MR) is 214 cm³/mol. The predicted octanol–water partition coefficient (Wildman–Crippen LogP) is 11.9. The van der Waals surface area contributed by atoms with Gasteiger partial charge in [0.1, 0.15) is 0 Å². The van der Waals surface area contributed by atoms with Crippen LogP contribution in [0.2, 0.25) is 0 Å². The lowest BCUT2D eigenvalue weighted by atomic mass is 10.0. The lowest BCUT2D eigenvalue weighted by Gasteiger charge is -2.17. The van der Waals surface area contributed by atoms with Gasteiger partial charge < -0.3 is 0 Å². The zero-order valence-corrected chi connectivity index (χ0v) is 33.8. The summed E-state index contributed by atoms with van der Waals surface area (Å²) in [7, 11) is -7.17. The summed E-state index contributed by atoms with van der Waals surface area (Å²) < 4.78 is 55.1. The zero-order valence-electron chi connectivity index (χ0n) is 30.6. The summed E-state index contributed by atoms with van der Waals surface area (Å²) in [6.07, 6.45) is 18.2. The second kappa shape index (κ2) is 21.5. The molecule has 7 heteroatoms. The van der Waals surface area contributed by atoms with Crippen LogP contribution in [0, 0.1) is 0 Å². The number of rotatable bonds is 20. The highest BCUT2D eigenvalue weighted by Crippen LogP contribution is 2.27. The first-order chi connectivity index (χ1) is 23.2. The molecule has 0 aliphatic heterocycles. The third kappa shape index (κ3) is 15.4. The summed E-state index contributed by atoms with van der Waals surface area (Å²) in [6.45, 7) is 14.3. The first kappa shape index (κ1) is 42.4. The van der Waals surface area contributed by atoms with E-state index in [1.165, 1.54) is 11.1 Å². The van der Waals surface area contributed by atoms with Crippen LogP contribution in [0.25, 0.3) is 0 Å². The van der Waals surface area contributed by atoms with Crippen molar-refractivity contribution < 1.29 is 16.8 Å². The minimum absolute atomic E-state index is 0.332. The molecular weight excluding hydrogens is 712 g/mol. The molecule has 2 aromatic rings. The van der Waals surface area contributed by atoms with Gasteiger partial charge in [-0.25, -0.2) is 16.8 Å². The van der Waals surface area contributed by atoms with Crippen molar-refractivity contribution >= 4 is 35.6 Å². The van der Waals surface area contributed by atoms with Crippen molar-refractivity contribution in [3.63, 3.8) is 0 Å². The van der Waals surface area contributed by atoms with Gasteiger partial charge in [0.15, 0.2) is 19.7 Å². The molecular formula is C42H57BrO4S2. The van der Waals surface area contributed by atoms with Gasteiger partial charge in [0.05, 0.1) is 20.3 Å². The van der Waals surface area contributed by atoms with E-state index in [9.17, 15) is 16.8 Å². The highest BCUT2D eigenvalue weighted by molar-refractivity contribution is 9.09. The standard InChI is InChI=1S/C42H57BrO4S2/c1-33(2)17-14-19-35(4)29-41(48(44,45)39-23-10-8-11-24-39)31-37(6)21-16-22-38(7)32-42(49(46,47)40-25-12-9-13-26-40)30-36(5)20-15-18-34(3)27-28-43/h8-13,17,20-21,23-27,29,32,41-42H,14-16,18-19,22,28,30-31H2,1-7H3/b34-27+,35-29+,36-20+,37-21+,38-32+. The fraction of sp³-hybridized carbons (Fsp3) is 0.429. The van der Waals surface area contributed by atoms with Crippen molar-refractivity contribution in [3.8, 4) is 0 Å². The quantitative estimate of drug-likeness (QED) is 0.0993. The van der Waals surface area contributed by atoms with E-state index in [-0.39, 0.29) is 0 Å². The topological polar surface area (TPSA) is 68.3 Å². The van der Waals surface area contributed by atoms with Crippen LogP contribution in [0.3, 0.4) is 0 Å². The number of allylic oxidation sites excluding steroid dienone is 10. The fourth-order valence-corrected chi connectivity index (χ4v) is 9.72. The van der Waals surface area contributed by atoms with Crippen LogP contribution in [0.5, 0.6) is 0 Å². The van der Waals surface area contributed by atoms with Crippen molar-refractivity contribution in [2.75, 3.05) is 5.33 Å². The van der Waals surface area contributed by atoms with Crippen LogP contribution in [-0.4, -0.2) is 32.7 Å². The van der Waals surface area contributed by atoms with Gasteiger partial charge in [0.2, 0.25) is 0 Å². The summed E-state index contributed by atoms with van der Waals surface area (Å²) in [5.41, 5.74) is 6.69. The van der Waals surface area contributed by atoms with Crippen molar-refractivity contribution in [1.29, 1.82) is 0 Å². The summed E-state index contributed by atoms with van der Waals surface area (Å²) in [6, 6.07) is 17.4. The zero-order chi connectivity index (χ0) is 36.5. The van der Waals surface area contributed by atoms with Crippen LogP contribution < -0.4 is 0 Å². The third-order valence-corrected chi connectivity index (χ3v) is 12.9. The smallest absolute Gasteiger partial charge is 0.185 e. The minimum atomic E-state index is -3.59. The van der Waals surface area contributed by atoms with E-state index < -0.39 is 30.2 Å². The van der Waals surface area contributed by atoms with Gasteiger partial charge in [-0.3, -0.25) is 0 Å². The molecule has 0 radical (unpaired) electrons. The number of hydrogen-bond donors (Lipinski definition) is 0. The fourth-order valence-electron chi connectivity index (χ4n) is 5.60. The molecule has 2 atom stereocenters. The molecule has 0 saturated heterocycles. The Morgan fingerprint density at radius 2 is 0.898 bits per heavy atom. The molecule has 0 aliphatic rings. The Morgan fingerprint density at radius 3 is 1.27 bits per heavy atom.